The minimum Gasteiger partial charge on any atom is -0.355 e. The highest BCUT2D eigenvalue weighted by Gasteiger charge is 2.61. The van der Waals surface area contributed by atoms with Crippen LogP contribution in [0.1, 0.15) is 26.2 Å². The quantitative estimate of drug-likeness (QED) is 0.605. The number of nitrogens with one attached hydrogen (secondary N) is 1. The number of carbonyl (C=O) groups excluding carboxylic acids is 1. The van der Waals surface area contributed by atoms with Crippen LogP contribution in [0.4, 0.5) is 0 Å². The molecule has 0 aromatic heterocycles. The molecule has 2 atom stereocenters. The molecule has 1 aliphatic heterocycles. The van der Waals surface area contributed by atoms with Gasteiger partial charge in [-0.2, -0.15) is 0 Å². The minimum atomic E-state index is 0.299. The summed E-state index contributed by atoms with van der Waals surface area (Å²) in [6.45, 7) is 3.14. The van der Waals surface area contributed by atoms with Gasteiger partial charge in [0.25, 0.3) is 0 Å². The molecule has 1 N–H and O–H groups in total. The van der Waals surface area contributed by atoms with Gasteiger partial charge in [-0.05, 0) is 12.8 Å². The molecular formula is C8H13NO. The fourth-order valence-corrected chi connectivity index (χ4v) is 2.16. The van der Waals surface area contributed by atoms with Crippen molar-refractivity contribution < 1.29 is 4.79 Å². The van der Waals surface area contributed by atoms with E-state index >= 15 is 0 Å². The predicted molar refractivity (Wildman–Crippen MR) is 38.5 cm³/mol. The predicted octanol–water partition coefficient (Wildman–Crippen LogP) is 0.923. The summed E-state index contributed by atoms with van der Waals surface area (Å²) in [5.74, 6) is 0.695. The standard InChI is InChI=1S/C8H13NO/c1-2-3-8-4-6(8)7(10)9-5-8/h6H,2-5H2,1H3,(H,9,10). The van der Waals surface area contributed by atoms with Gasteiger partial charge in [0.1, 0.15) is 0 Å². The maximum absolute atomic E-state index is 11.0. The molecule has 1 amide bonds. The van der Waals surface area contributed by atoms with E-state index in [0.29, 0.717) is 17.2 Å². The first kappa shape index (κ1) is 6.20. The summed E-state index contributed by atoms with van der Waals surface area (Å²) < 4.78 is 0. The lowest BCUT2D eigenvalue weighted by Gasteiger charge is -2.06. The van der Waals surface area contributed by atoms with Crippen molar-refractivity contribution in [2.24, 2.45) is 11.3 Å². The van der Waals surface area contributed by atoms with Gasteiger partial charge >= 0.3 is 0 Å². The minimum absolute atomic E-state index is 0.299. The molecule has 10 heavy (non-hydrogen) atoms. The number of carbonyl (C=O) groups is 1. The van der Waals surface area contributed by atoms with E-state index in [1.165, 1.54) is 12.8 Å². The summed E-state index contributed by atoms with van der Waals surface area (Å²) in [4.78, 5) is 11.0. The van der Waals surface area contributed by atoms with Crippen LogP contribution < -0.4 is 5.32 Å². The molecule has 1 saturated heterocycles. The second-order valence-electron chi connectivity index (χ2n) is 3.59. The number of rotatable bonds is 2. The number of piperidine rings is 1. The van der Waals surface area contributed by atoms with Crippen LogP contribution in [0.5, 0.6) is 0 Å². The molecule has 0 aromatic carbocycles. The summed E-state index contributed by atoms with van der Waals surface area (Å²) in [6.07, 6.45) is 3.61. The van der Waals surface area contributed by atoms with Crippen molar-refractivity contribution in [3.63, 3.8) is 0 Å². The van der Waals surface area contributed by atoms with Crippen molar-refractivity contribution >= 4 is 5.91 Å². The summed E-state index contributed by atoms with van der Waals surface area (Å²) >= 11 is 0. The van der Waals surface area contributed by atoms with Crippen LogP contribution in [0.3, 0.4) is 0 Å². The van der Waals surface area contributed by atoms with Crippen molar-refractivity contribution in [3.8, 4) is 0 Å². The molecule has 2 nitrogen and oxygen atoms in total. The van der Waals surface area contributed by atoms with Crippen LogP contribution in [-0.4, -0.2) is 12.5 Å². The summed E-state index contributed by atoms with van der Waals surface area (Å²) in [7, 11) is 0. The van der Waals surface area contributed by atoms with Crippen LogP contribution in [0.25, 0.3) is 0 Å². The van der Waals surface area contributed by atoms with E-state index in [0.717, 1.165) is 13.0 Å². The van der Waals surface area contributed by atoms with Crippen LogP contribution in [0.2, 0.25) is 0 Å². The van der Waals surface area contributed by atoms with Gasteiger partial charge in [0.05, 0.1) is 0 Å². The molecule has 1 saturated carbocycles. The molecule has 2 rings (SSSR count). The third-order valence-corrected chi connectivity index (χ3v) is 2.87. The van der Waals surface area contributed by atoms with Gasteiger partial charge in [-0.1, -0.05) is 13.3 Å². The lowest BCUT2D eigenvalue weighted by Crippen LogP contribution is -2.20. The van der Waals surface area contributed by atoms with Crippen LogP contribution in [0.15, 0.2) is 0 Å². The fraction of sp³-hybridized carbons (Fsp3) is 0.875. The Bertz CT molecular complexity index is 178. The van der Waals surface area contributed by atoms with Gasteiger partial charge in [-0.3, -0.25) is 4.79 Å². The van der Waals surface area contributed by atoms with E-state index in [1.807, 2.05) is 0 Å². The number of amides is 1. The summed E-state index contributed by atoms with van der Waals surface area (Å²) in [6, 6.07) is 0. The van der Waals surface area contributed by atoms with Crippen LogP contribution in [0, 0.1) is 11.3 Å². The highest BCUT2D eigenvalue weighted by Crippen LogP contribution is 2.58. The zero-order valence-electron chi connectivity index (χ0n) is 6.31. The largest absolute Gasteiger partial charge is 0.355 e. The Morgan fingerprint density at radius 3 is 3.00 bits per heavy atom. The molecule has 56 valence electrons. The maximum Gasteiger partial charge on any atom is 0.223 e. The van der Waals surface area contributed by atoms with Crippen molar-refractivity contribution in [2.75, 3.05) is 6.54 Å². The molecule has 0 bridgehead atoms. The number of hydrogen-bond donors (Lipinski definition) is 1. The average Bonchev–Trinajstić information content (AvgIpc) is 2.54. The van der Waals surface area contributed by atoms with Crippen LogP contribution >= 0.6 is 0 Å². The summed E-state index contributed by atoms with van der Waals surface area (Å²) in [5.41, 5.74) is 0.422. The van der Waals surface area contributed by atoms with Gasteiger partial charge in [-0.15, -0.1) is 0 Å². The van der Waals surface area contributed by atoms with Gasteiger partial charge in [0, 0.05) is 17.9 Å². The first-order valence-corrected chi connectivity index (χ1v) is 4.06. The normalized spacial score (nSPS) is 42.9. The van der Waals surface area contributed by atoms with E-state index in [-0.39, 0.29) is 0 Å². The zero-order valence-corrected chi connectivity index (χ0v) is 6.31. The molecule has 1 aliphatic carbocycles. The monoisotopic (exact) mass is 139 g/mol. The highest BCUT2D eigenvalue weighted by atomic mass is 16.2. The van der Waals surface area contributed by atoms with Crippen molar-refractivity contribution in [1.82, 2.24) is 5.32 Å². The van der Waals surface area contributed by atoms with E-state index in [2.05, 4.69) is 12.2 Å². The topological polar surface area (TPSA) is 29.1 Å². The molecular weight excluding hydrogens is 126 g/mol. The van der Waals surface area contributed by atoms with E-state index < -0.39 is 0 Å². The molecule has 0 aromatic rings. The highest BCUT2D eigenvalue weighted by molar-refractivity contribution is 5.85. The SMILES string of the molecule is CCCC12CNC(=O)C1C2. The van der Waals surface area contributed by atoms with Crippen molar-refractivity contribution in [2.45, 2.75) is 26.2 Å². The Balaban J connectivity index is 2.04. The lowest BCUT2D eigenvalue weighted by molar-refractivity contribution is -0.120. The smallest absolute Gasteiger partial charge is 0.223 e. The fourth-order valence-electron chi connectivity index (χ4n) is 2.16. The Morgan fingerprint density at radius 1 is 1.80 bits per heavy atom. The number of hydrogen-bond acceptors (Lipinski definition) is 1. The molecule has 0 spiro atoms. The van der Waals surface area contributed by atoms with Gasteiger partial charge in [0.2, 0.25) is 5.91 Å². The Kier molecular flexibility index (Phi) is 1.08. The van der Waals surface area contributed by atoms with E-state index in [1.54, 1.807) is 0 Å². The molecule has 0 radical (unpaired) electrons. The van der Waals surface area contributed by atoms with Crippen molar-refractivity contribution in [3.05, 3.63) is 0 Å². The van der Waals surface area contributed by atoms with E-state index in [4.69, 9.17) is 0 Å². The third-order valence-electron chi connectivity index (χ3n) is 2.87. The van der Waals surface area contributed by atoms with E-state index in [9.17, 15) is 4.79 Å². The third kappa shape index (κ3) is 0.619. The van der Waals surface area contributed by atoms with Crippen LogP contribution in [-0.2, 0) is 4.79 Å². The first-order chi connectivity index (χ1) is 4.78. The molecule has 2 fully saturated rings. The van der Waals surface area contributed by atoms with Gasteiger partial charge in [-0.25, -0.2) is 0 Å². The Hall–Kier alpha value is -0.530. The zero-order chi connectivity index (χ0) is 7.19. The average molecular weight is 139 g/mol. The first-order valence-electron chi connectivity index (χ1n) is 4.06. The molecule has 2 unspecified atom stereocenters. The lowest BCUT2D eigenvalue weighted by atomic mass is 10.0. The Labute approximate surface area is 61.0 Å². The Morgan fingerprint density at radius 2 is 2.60 bits per heavy atom. The van der Waals surface area contributed by atoms with Gasteiger partial charge in [0.15, 0.2) is 0 Å². The maximum atomic E-state index is 11.0. The second-order valence-corrected chi connectivity index (χ2v) is 3.59. The second kappa shape index (κ2) is 1.74. The molecule has 2 heteroatoms. The molecule has 1 heterocycles. The van der Waals surface area contributed by atoms with Crippen molar-refractivity contribution in [1.29, 1.82) is 0 Å². The number of fused-ring (bicyclic) bond motifs is 1. The summed E-state index contributed by atoms with van der Waals surface area (Å²) in [5, 5.41) is 2.91. The van der Waals surface area contributed by atoms with Gasteiger partial charge < -0.3 is 5.32 Å². The molecule has 2 aliphatic rings.